The third kappa shape index (κ3) is 50.0. The molecule has 0 saturated heterocycles. The van der Waals surface area contributed by atoms with Crippen molar-refractivity contribution < 1.29 is 0 Å². The maximum absolute atomic E-state index is 4.24. The van der Waals surface area contributed by atoms with Gasteiger partial charge in [-0.05, 0) is 6.13 Å². The highest BCUT2D eigenvalue weighted by molar-refractivity contribution is 8.17. The Morgan fingerprint density at radius 2 is 1.29 bits per heavy atom. The maximum atomic E-state index is 4.24. The number of unbranched alkanes of at least 4 members (excludes halogenated alkanes) is 1. The summed E-state index contributed by atoms with van der Waals surface area (Å²) < 4.78 is 0. The minimum absolute atomic E-state index is 0.250. The Morgan fingerprint density at radius 3 is 1.29 bits per heavy atom. The van der Waals surface area contributed by atoms with E-state index in [0.29, 0.717) is 0 Å². The molecule has 0 heterocycles. The van der Waals surface area contributed by atoms with Crippen molar-refractivity contribution in [3.05, 3.63) is 0 Å². The van der Waals surface area contributed by atoms with E-state index in [0.717, 1.165) is 0 Å². The van der Waals surface area contributed by atoms with E-state index in [1.54, 1.807) is 0 Å². The molecule has 0 saturated carbocycles. The van der Waals surface area contributed by atoms with Gasteiger partial charge in [-0.25, -0.2) is 0 Å². The van der Waals surface area contributed by atoms with Gasteiger partial charge in [-0.3, -0.25) is 0 Å². The van der Waals surface area contributed by atoms with Gasteiger partial charge in [0.2, 0.25) is 0 Å². The molecule has 0 unspecified atom stereocenters. The average Bonchev–Trinajstić information content (AvgIpc) is 1.69. The van der Waals surface area contributed by atoms with Crippen LogP contribution in [0.1, 0.15) is 26.7 Å². The first-order valence-corrected chi connectivity index (χ1v) is 5.59. The molecule has 0 bridgehead atoms. The third-order valence-electron chi connectivity index (χ3n) is 0.500. The Morgan fingerprint density at radius 1 is 1.14 bits per heavy atom. The Hall–Kier alpha value is 0.740. The molecule has 0 aromatic rings. The van der Waals surface area contributed by atoms with Gasteiger partial charge in [-0.15, -0.1) is 0 Å². The van der Waals surface area contributed by atoms with Crippen molar-refractivity contribution in [2.45, 2.75) is 26.7 Å². The van der Waals surface area contributed by atoms with Gasteiger partial charge in [0.1, 0.15) is 0 Å². The maximum Gasteiger partial charge on any atom is -0.00375 e. The van der Waals surface area contributed by atoms with Crippen molar-refractivity contribution >= 4 is 29.7 Å². The standard InChI is InChI=1S/C4H10.HPS2/c1-3-4-2;2-1-3/h3-4H2,1-2H3;1H. The Labute approximate surface area is 56.8 Å². The molecule has 0 N–H and O–H groups in total. The molecule has 0 nitrogen and oxygen atoms in total. The van der Waals surface area contributed by atoms with Gasteiger partial charge in [0.05, 0.1) is 0 Å². The SMILES string of the molecule is CCCC.S=[PH]=S. The summed E-state index contributed by atoms with van der Waals surface area (Å²) in [7, 11) is 0. The molecule has 3 heteroatoms. The van der Waals surface area contributed by atoms with Gasteiger partial charge in [0.15, 0.2) is 0 Å². The lowest BCUT2D eigenvalue weighted by Gasteiger charge is -1.68. The second-order valence-electron chi connectivity index (χ2n) is 1.08. The van der Waals surface area contributed by atoms with E-state index >= 15 is 0 Å². The molecule has 44 valence electrons. The van der Waals surface area contributed by atoms with Crippen molar-refractivity contribution in [2.24, 2.45) is 0 Å². The third-order valence-corrected chi connectivity index (χ3v) is 0.500. The fraction of sp³-hybridized carbons (Fsp3) is 1.00. The van der Waals surface area contributed by atoms with E-state index in [-0.39, 0.29) is 6.13 Å². The number of rotatable bonds is 1. The van der Waals surface area contributed by atoms with Crippen molar-refractivity contribution in [3.8, 4) is 0 Å². The van der Waals surface area contributed by atoms with Crippen molar-refractivity contribution in [2.75, 3.05) is 0 Å². The molecular weight excluding hydrogens is 143 g/mol. The molecule has 0 fully saturated rings. The lowest BCUT2D eigenvalue weighted by molar-refractivity contribution is 0.886. The second kappa shape index (κ2) is 15.9. The predicted octanol–water partition coefficient (Wildman–Crippen LogP) is 2.40. The summed E-state index contributed by atoms with van der Waals surface area (Å²) >= 11 is 8.47. The zero-order chi connectivity index (χ0) is 6.12. The summed E-state index contributed by atoms with van der Waals surface area (Å²) in [6, 6.07) is 0. The molecule has 7 heavy (non-hydrogen) atoms. The van der Waals surface area contributed by atoms with E-state index in [9.17, 15) is 0 Å². The van der Waals surface area contributed by atoms with Gasteiger partial charge in [-0.2, -0.15) is 0 Å². The number of hydrogen-bond acceptors (Lipinski definition) is 2. The average molecular weight is 154 g/mol. The molecule has 0 aromatic heterocycles. The van der Waals surface area contributed by atoms with Crippen LogP contribution in [0.4, 0.5) is 0 Å². The van der Waals surface area contributed by atoms with Gasteiger partial charge in [0, 0.05) is 0 Å². The summed E-state index contributed by atoms with van der Waals surface area (Å²) in [6.07, 6.45) is 2.89. The van der Waals surface area contributed by atoms with Crippen molar-refractivity contribution in [1.29, 1.82) is 0 Å². The molecule has 0 rings (SSSR count). The van der Waals surface area contributed by atoms with Crippen LogP contribution in [0.5, 0.6) is 0 Å². The van der Waals surface area contributed by atoms with Gasteiger partial charge < -0.3 is 0 Å². The van der Waals surface area contributed by atoms with Crippen LogP contribution in [0.3, 0.4) is 0 Å². The van der Waals surface area contributed by atoms with Gasteiger partial charge in [0.25, 0.3) is 0 Å². The first-order chi connectivity index (χ1) is 3.33. The van der Waals surface area contributed by atoms with Crippen LogP contribution in [-0.4, -0.2) is 0 Å². The molecular formula is C4H11PS2. The van der Waals surface area contributed by atoms with Crippen LogP contribution in [0.2, 0.25) is 0 Å². The van der Waals surface area contributed by atoms with E-state index in [1.807, 2.05) is 0 Å². The molecule has 0 aliphatic rings. The highest BCUT2D eigenvalue weighted by Crippen LogP contribution is 1.76. The zero-order valence-electron chi connectivity index (χ0n) is 4.73. The highest BCUT2D eigenvalue weighted by atomic mass is 32.7. The van der Waals surface area contributed by atoms with E-state index < -0.39 is 0 Å². The van der Waals surface area contributed by atoms with Gasteiger partial charge >= 0.3 is 0 Å². The molecule has 0 radical (unpaired) electrons. The smallest absolute Gasteiger partial charge is 0.00375 e. The molecule has 0 aliphatic heterocycles. The van der Waals surface area contributed by atoms with Crippen LogP contribution < -0.4 is 0 Å². The lowest BCUT2D eigenvalue weighted by atomic mass is 10.4. The second-order valence-corrected chi connectivity index (χ2v) is 3.25. The van der Waals surface area contributed by atoms with Crippen LogP contribution in [0, 0.1) is 0 Å². The minimum Gasteiger partial charge on any atom is -0.0654 e. The predicted molar refractivity (Wildman–Crippen MR) is 43.6 cm³/mol. The summed E-state index contributed by atoms with van der Waals surface area (Å²) in [4.78, 5) is 0. The van der Waals surface area contributed by atoms with E-state index in [4.69, 9.17) is 0 Å². The summed E-state index contributed by atoms with van der Waals surface area (Å²) in [5.74, 6) is 0. The zero-order valence-corrected chi connectivity index (χ0v) is 7.36. The summed E-state index contributed by atoms with van der Waals surface area (Å²) in [5.41, 5.74) is 0. The Balaban J connectivity index is 0. The van der Waals surface area contributed by atoms with E-state index in [2.05, 4.69) is 37.5 Å². The first-order valence-electron chi connectivity index (χ1n) is 2.32. The monoisotopic (exact) mass is 154 g/mol. The van der Waals surface area contributed by atoms with Crippen LogP contribution >= 0.6 is 6.13 Å². The fourth-order valence-electron chi connectivity index (χ4n) is 0. The molecule has 0 aliphatic carbocycles. The van der Waals surface area contributed by atoms with E-state index in [1.165, 1.54) is 12.8 Å². The minimum atomic E-state index is 0.250. The molecule has 0 aromatic carbocycles. The highest BCUT2D eigenvalue weighted by Gasteiger charge is 1.56. The topological polar surface area (TPSA) is 0 Å². The Kier molecular flexibility index (Phi) is 24.2. The van der Waals surface area contributed by atoms with Crippen molar-refractivity contribution in [3.63, 3.8) is 0 Å². The molecule has 0 amide bonds. The molecule has 0 spiro atoms. The lowest BCUT2D eigenvalue weighted by Crippen LogP contribution is -1.47. The number of hydrogen-bond donors (Lipinski definition) is 0. The Bertz CT molecular complexity index is 45.7. The van der Waals surface area contributed by atoms with Gasteiger partial charge in [-0.1, -0.05) is 50.3 Å². The quantitative estimate of drug-likeness (QED) is 0.532. The van der Waals surface area contributed by atoms with Crippen LogP contribution in [0.25, 0.3) is 0 Å². The summed E-state index contributed by atoms with van der Waals surface area (Å²) in [5, 5.41) is 0. The summed E-state index contributed by atoms with van der Waals surface area (Å²) in [6.45, 7) is 4.36. The first kappa shape index (κ1) is 10.7. The normalized spacial score (nSPS) is 6.00. The largest absolute Gasteiger partial charge is 0.0654 e. The van der Waals surface area contributed by atoms with Crippen molar-refractivity contribution in [1.82, 2.24) is 0 Å². The van der Waals surface area contributed by atoms with Crippen LogP contribution in [0.15, 0.2) is 0 Å². The fourth-order valence-corrected chi connectivity index (χ4v) is 0. The molecule has 0 atom stereocenters. The van der Waals surface area contributed by atoms with Crippen LogP contribution in [-0.2, 0) is 23.6 Å².